The van der Waals surface area contributed by atoms with E-state index in [-0.39, 0.29) is 11.9 Å². The number of nitrogen functional groups attached to an aromatic ring is 1. The van der Waals surface area contributed by atoms with E-state index in [4.69, 9.17) is 5.73 Å². The van der Waals surface area contributed by atoms with Crippen LogP contribution in [0, 0.1) is 0 Å². The zero-order valence-electron chi connectivity index (χ0n) is 8.36. The molecule has 1 fully saturated rings. The van der Waals surface area contributed by atoms with Gasteiger partial charge in [0.1, 0.15) is 0 Å². The highest BCUT2D eigenvalue weighted by Crippen LogP contribution is 2.29. The van der Waals surface area contributed by atoms with Crippen LogP contribution in [0.5, 0.6) is 0 Å². The summed E-state index contributed by atoms with van der Waals surface area (Å²) in [6.07, 6.45) is 3.42. The van der Waals surface area contributed by atoms with Crippen LogP contribution in [0.15, 0.2) is 6.20 Å². The molecule has 1 atom stereocenters. The maximum Gasteiger partial charge on any atom is 0.257 e. The number of hydrogen-bond donors (Lipinski definition) is 3. The number of aromatic nitrogens is 1. The first-order valence-corrected chi connectivity index (χ1v) is 5.57. The van der Waals surface area contributed by atoms with E-state index < -0.39 is 5.60 Å². The van der Waals surface area contributed by atoms with Crippen LogP contribution in [0.4, 0.5) is 5.13 Å². The summed E-state index contributed by atoms with van der Waals surface area (Å²) in [7, 11) is 0. The zero-order chi connectivity index (χ0) is 11.1. The van der Waals surface area contributed by atoms with Crippen LogP contribution in [0.1, 0.15) is 24.6 Å². The van der Waals surface area contributed by atoms with Crippen LogP contribution in [0.25, 0.3) is 0 Å². The highest BCUT2D eigenvalue weighted by atomic mass is 32.1. The number of hydrogen-bond acceptors (Lipinski definition) is 5. The molecule has 0 aliphatic heterocycles. The number of carbonyl (C=O) groups excluding carboxylic acids is 1. The van der Waals surface area contributed by atoms with Crippen molar-refractivity contribution in [2.24, 2.45) is 0 Å². The first kappa shape index (κ1) is 10.4. The van der Waals surface area contributed by atoms with Gasteiger partial charge in [-0.3, -0.25) is 4.79 Å². The number of anilines is 1. The minimum atomic E-state index is -1.53. The van der Waals surface area contributed by atoms with Crippen molar-refractivity contribution >= 4 is 22.4 Å². The van der Waals surface area contributed by atoms with Gasteiger partial charge in [0.25, 0.3) is 5.91 Å². The Balaban J connectivity index is 2.13. The fourth-order valence-corrected chi connectivity index (χ4v) is 1.91. The lowest BCUT2D eigenvalue weighted by atomic mass is 10.1. The molecule has 6 heteroatoms. The van der Waals surface area contributed by atoms with E-state index in [1.165, 1.54) is 13.1 Å². The van der Waals surface area contributed by atoms with E-state index in [1.807, 2.05) is 0 Å². The molecule has 0 aromatic carbocycles. The van der Waals surface area contributed by atoms with Crippen molar-refractivity contribution in [1.29, 1.82) is 0 Å². The number of nitrogens with two attached hydrogens (primary N) is 1. The molecule has 4 N–H and O–H groups in total. The van der Waals surface area contributed by atoms with E-state index in [2.05, 4.69) is 10.3 Å². The molecule has 0 bridgehead atoms. The Morgan fingerprint density at radius 3 is 2.93 bits per heavy atom. The third kappa shape index (κ3) is 2.10. The number of carbonyl (C=O) groups is 1. The molecule has 0 radical (unpaired) electrons. The molecule has 1 aliphatic rings. The second-order valence-corrected chi connectivity index (χ2v) is 4.94. The second-order valence-electron chi connectivity index (χ2n) is 3.88. The van der Waals surface area contributed by atoms with Gasteiger partial charge in [-0.2, -0.15) is 0 Å². The van der Waals surface area contributed by atoms with Crippen molar-refractivity contribution in [2.45, 2.75) is 31.4 Å². The van der Waals surface area contributed by atoms with Gasteiger partial charge >= 0.3 is 0 Å². The van der Waals surface area contributed by atoms with Crippen molar-refractivity contribution in [3.63, 3.8) is 0 Å². The summed E-state index contributed by atoms with van der Waals surface area (Å²) in [5.74, 6) is -0.381. The van der Waals surface area contributed by atoms with Crippen LogP contribution >= 0.6 is 11.3 Å². The van der Waals surface area contributed by atoms with Gasteiger partial charge in [-0.15, -0.1) is 0 Å². The molecule has 0 unspecified atom stereocenters. The summed E-state index contributed by atoms with van der Waals surface area (Å²) in [6, 6.07) is 0.231. The molecule has 5 nitrogen and oxygen atoms in total. The number of nitrogens with zero attached hydrogens (tertiary/aromatic N) is 1. The molecular formula is C9H13N3O2S. The zero-order valence-corrected chi connectivity index (χ0v) is 9.17. The maximum atomic E-state index is 11.7. The third-order valence-corrected chi connectivity index (χ3v) is 3.40. The molecule has 82 valence electrons. The molecule has 15 heavy (non-hydrogen) atoms. The fraction of sp³-hybridized carbons (Fsp3) is 0.556. The number of aliphatic hydroxyl groups is 1. The summed E-state index contributed by atoms with van der Waals surface area (Å²) in [4.78, 5) is 16.0. The molecule has 2 rings (SSSR count). The molecule has 0 spiro atoms. The number of thiazole rings is 1. The molecule has 1 aromatic heterocycles. The largest absolute Gasteiger partial charge is 0.375 e. The summed E-state index contributed by atoms with van der Waals surface area (Å²) < 4.78 is 0. The summed E-state index contributed by atoms with van der Waals surface area (Å²) in [6.45, 7) is 1.46. The number of rotatable bonds is 3. The molecule has 1 amide bonds. The van der Waals surface area contributed by atoms with Gasteiger partial charge in [-0.05, 0) is 19.8 Å². The average molecular weight is 227 g/mol. The quantitative estimate of drug-likeness (QED) is 0.689. The number of nitrogens with one attached hydrogen (secondary N) is 1. The average Bonchev–Trinajstić information content (AvgIpc) is 2.86. The van der Waals surface area contributed by atoms with Crippen molar-refractivity contribution < 1.29 is 9.90 Å². The third-order valence-electron chi connectivity index (χ3n) is 2.36. The van der Waals surface area contributed by atoms with Crippen LogP contribution in [-0.4, -0.2) is 22.0 Å². The van der Waals surface area contributed by atoms with Gasteiger partial charge in [0.15, 0.2) is 10.7 Å². The summed E-state index contributed by atoms with van der Waals surface area (Å²) >= 11 is 1.13. The minimum Gasteiger partial charge on any atom is -0.375 e. The molecule has 0 saturated heterocycles. The van der Waals surface area contributed by atoms with Gasteiger partial charge in [0, 0.05) is 12.2 Å². The lowest BCUT2D eigenvalue weighted by Gasteiger charge is -2.20. The van der Waals surface area contributed by atoms with Gasteiger partial charge in [0.05, 0.1) is 4.88 Å². The Kier molecular flexibility index (Phi) is 2.40. The van der Waals surface area contributed by atoms with Crippen molar-refractivity contribution in [1.82, 2.24) is 10.3 Å². The Labute approximate surface area is 91.3 Å². The van der Waals surface area contributed by atoms with Crippen LogP contribution < -0.4 is 11.1 Å². The van der Waals surface area contributed by atoms with E-state index in [1.54, 1.807) is 0 Å². The molecular weight excluding hydrogens is 214 g/mol. The fourth-order valence-electron chi connectivity index (χ4n) is 1.18. The normalized spacial score (nSPS) is 19.6. The standard InChI is InChI=1S/C9H13N3O2S/c1-9(14,6-4-11-8(10)15-6)7(13)12-5-2-3-5/h4-5,14H,2-3H2,1H3,(H2,10,11)(H,12,13)/t9-/m1/s1. The van der Waals surface area contributed by atoms with Crippen LogP contribution in [0.3, 0.4) is 0 Å². The van der Waals surface area contributed by atoms with Crippen LogP contribution in [-0.2, 0) is 10.4 Å². The predicted molar refractivity (Wildman–Crippen MR) is 57.3 cm³/mol. The van der Waals surface area contributed by atoms with E-state index in [0.29, 0.717) is 10.0 Å². The van der Waals surface area contributed by atoms with E-state index in [0.717, 1.165) is 24.2 Å². The van der Waals surface area contributed by atoms with Crippen molar-refractivity contribution in [2.75, 3.05) is 5.73 Å². The molecule has 1 aromatic rings. The predicted octanol–water partition coefficient (Wildman–Crippen LogP) is 0.211. The highest BCUT2D eigenvalue weighted by molar-refractivity contribution is 7.15. The van der Waals surface area contributed by atoms with E-state index in [9.17, 15) is 9.90 Å². The Morgan fingerprint density at radius 1 is 1.80 bits per heavy atom. The monoisotopic (exact) mass is 227 g/mol. The minimum absolute atomic E-state index is 0.231. The SMILES string of the molecule is C[C@](O)(C(=O)NC1CC1)c1cnc(N)s1. The van der Waals surface area contributed by atoms with E-state index >= 15 is 0 Å². The van der Waals surface area contributed by atoms with Gasteiger partial charge in [-0.1, -0.05) is 11.3 Å². The lowest BCUT2D eigenvalue weighted by Crippen LogP contribution is -2.42. The van der Waals surface area contributed by atoms with Gasteiger partial charge in [0.2, 0.25) is 0 Å². The van der Waals surface area contributed by atoms with Gasteiger partial charge in [-0.25, -0.2) is 4.98 Å². The second kappa shape index (κ2) is 3.46. The van der Waals surface area contributed by atoms with Gasteiger partial charge < -0.3 is 16.2 Å². The first-order chi connectivity index (χ1) is 7.00. The maximum absolute atomic E-state index is 11.7. The van der Waals surface area contributed by atoms with Crippen molar-refractivity contribution in [3.05, 3.63) is 11.1 Å². The molecule has 1 aliphatic carbocycles. The summed E-state index contributed by atoms with van der Waals surface area (Å²) in [5, 5.41) is 13.1. The first-order valence-electron chi connectivity index (χ1n) is 4.75. The highest BCUT2D eigenvalue weighted by Gasteiger charge is 2.37. The Morgan fingerprint density at radius 2 is 2.47 bits per heavy atom. The lowest BCUT2D eigenvalue weighted by molar-refractivity contribution is -0.138. The topological polar surface area (TPSA) is 88.2 Å². The van der Waals surface area contributed by atoms with Crippen molar-refractivity contribution in [3.8, 4) is 0 Å². The smallest absolute Gasteiger partial charge is 0.257 e. The summed E-state index contributed by atoms with van der Waals surface area (Å²) in [5.41, 5.74) is 3.92. The Hall–Kier alpha value is -1.14. The number of amides is 1. The Bertz CT molecular complexity index is 384. The molecule has 1 heterocycles. The van der Waals surface area contributed by atoms with Crippen LogP contribution in [0.2, 0.25) is 0 Å². The molecule has 1 saturated carbocycles.